The molecule has 0 heterocycles. The van der Waals surface area contributed by atoms with Crippen LogP contribution in [0.5, 0.6) is 5.75 Å². The van der Waals surface area contributed by atoms with Gasteiger partial charge in [-0.15, -0.1) is 0 Å². The minimum atomic E-state index is -0.292. The van der Waals surface area contributed by atoms with E-state index in [0.29, 0.717) is 16.7 Å². The van der Waals surface area contributed by atoms with Crippen LogP contribution in [0.25, 0.3) is 0 Å². The lowest BCUT2D eigenvalue weighted by molar-refractivity contribution is -0.123. The summed E-state index contributed by atoms with van der Waals surface area (Å²) in [6, 6.07) is 5.24. The Bertz CT molecular complexity index is 445. The van der Waals surface area contributed by atoms with Gasteiger partial charge in [-0.3, -0.25) is 4.79 Å². The van der Waals surface area contributed by atoms with E-state index in [1.54, 1.807) is 24.4 Å². The molecule has 1 N–H and O–H groups in total. The standard InChI is InChI=1S/C13H17ClN2O2/c1-9(2)7-15-16-13(17)8-18-11-4-5-12(14)10(3)6-11/h4-7,9H,8H2,1-3H3,(H,16,17). The van der Waals surface area contributed by atoms with E-state index in [1.165, 1.54) is 0 Å². The molecule has 0 aliphatic heterocycles. The van der Waals surface area contributed by atoms with Gasteiger partial charge in [-0.2, -0.15) is 5.10 Å². The molecule has 18 heavy (non-hydrogen) atoms. The maximum absolute atomic E-state index is 11.4. The van der Waals surface area contributed by atoms with Gasteiger partial charge in [-0.25, -0.2) is 5.43 Å². The number of hydrogen-bond donors (Lipinski definition) is 1. The lowest BCUT2D eigenvalue weighted by atomic mass is 10.2. The van der Waals surface area contributed by atoms with Crippen molar-refractivity contribution in [1.29, 1.82) is 0 Å². The monoisotopic (exact) mass is 268 g/mol. The van der Waals surface area contributed by atoms with E-state index in [9.17, 15) is 4.79 Å². The van der Waals surface area contributed by atoms with Crippen molar-refractivity contribution < 1.29 is 9.53 Å². The van der Waals surface area contributed by atoms with Crippen molar-refractivity contribution in [3.05, 3.63) is 28.8 Å². The molecular weight excluding hydrogens is 252 g/mol. The zero-order chi connectivity index (χ0) is 13.5. The largest absolute Gasteiger partial charge is 0.484 e. The Morgan fingerprint density at radius 2 is 2.28 bits per heavy atom. The summed E-state index contributed by atoms with van der Waals surface area (Å²) in [6.07, 6.45) is 1.66. The molecular formula is C13H17ClN2O2. The summed E-state index contributed by atoms with van der Waals surface area (Å²) in [5.41, 5.74) is 3.30. The second-order valence-corrected chi connectivity index (χ2v) is 4.66. The predicted molar refractivity (Wildman–Crippen MR) is 73.2 cm³/mol. The number of carbonyl (C=O) groups excluding carboxylic acids is 1. The molecule has 98 valence electrons. The Hall–Kier alpha value is -1.55. The van der Waals surface area contributed by atoms with Crippen LogP contribution >= 0.6 is 11.6 Å². The normalized spacial score (nSPS) is 10.9. The molecule has 0 aromatic heterocycles. The second kappa shape index (κ2) is 7.01. The number of carbonyl (C=O) groups is 1. The number of rotatable bonds is 5. The highest BCUT2D eigenvalue weighted by molar-refractivity contribution is 6.31. The number of nitrogens with one attached hydrogen (secondary N) is 1. The molecule has 0 spiro atoms. The van der Waals surface area contributed by atoms with E-state index < -0.39 is 0 Å². The number of hydrazone groups is 1. The van der Waals surface area contributed by atoms with Gasteiger partial charge in [0.1, 0.15) is 5.75 Å². The van der Waals surface area contributed by atoms with Gasteiger partial charge in [-0.1, -0.05) is 25.4 Å². The SMILES string of the molecule is Cc1cc(OCC(=O)NN=CC(C)C)ccc1Cl. The lowest BCUT2D eigenvalue weighted by Gasteiger charge is -2.06. The van der Waals surface area contributed by atoms with Gasteiger partial charge in [0.2, 0.25) is 0 Å². The summed E-state index contributed by atoms with van der Waals surface area (Å²) in [5, 5.41) is 4.46. The fourth-order valence-corrected chi connectivity index (χ4v) is 1.26. The Balaban J connectivity index is 2.40. The summed E-state index contributed by atoms with van der Waals surface area (Å²) < 4.78 is 5.32. The highest BCUT2D eigenvalue weighted by Gasteiger charge is 2.03. The predicted octanol–water partition coefficient (Wildman–Crippen LogP) is 2.79. The van der Waals surface area contributed by atoms with Gasteiger partial charge in [0, 0.05) is 11.2 Å². The first-order valence-corrected chi connectivity index (χ1v) is 6.08. The van der Waals surface area contributed by atoms with E-state index in [4.69, 9.17) is 16.3 Å². The maximum Gasteiger partial charge on any atom is 0.277 e. The van der Waals surface area contributed by atoms with Crippen molar-refractivity contribution in [1.82, 2.24) is 5.43 Å². The summed E-state index contributed by atoms with van der Waals surface area (Å²) >= 11 is 5.89. The molecule has 0 fully saturated rings. The van der Waals surface area contributed by atoms with Gasteiger partial charge in [0.15, 0.2) is 6.61 Å². The van der Waals surface area contributed by atoms with Crippen molar-refractivity contribution in [3.8, 4) is 5.75 Å². The number of amides is 1. The van der Waals surface area contributed by atoms with Gasteiger partial charge in [-0.05, 0) is 36.6 Å². The zero-order valence-electron chi connectivity index (χ0n) is 10.7. The molecule has 1 rings (SSSR count). The van der Waals surface area contributed by atoms with Gasteiger partial charge in [0.05, 0.1) is 0 Å². The van der Waals surface area contributed by atoms with Crippen LogP contribution in [0.2, 0.25) is 5.02 Å². The molecule has 0 radical (unpaired) electrons. The smallest absolute Gasteiger partial charge is 0.277 e. The molecule has 0 aliphatic carbocycles. The van der Waals surface area contributed by atoms with Crippen molar-refractivity contribution >= 4 is 23.7 Å². The Morgan fingerprint density at radius 3 is 2.89 bits per heavy atom. The van der Waals surface area contributed by atoms with Crippen molar-refractivity contribution in [2.24, 2.45) is 11.0 Å². The third kappa shape index (κ3) is 5.19. The van der Waals surface area contributed by atoms with Crippen LogP contribution < -0.4 is 10.2 Å². The molecule has 1 amide bonds. The first-order valence-electron chi connectivity index (χ1n) is 5.70. The van der Waals surface area contributed by atoms with Crippen LogP contribution in [0.3, 0.4) is 0 Å². The third-order valence-corrected chi connectivity index (χ3v) is 2.49. The van der Waals surface area contributed by atoms with E-state index >= 15 is 0 Å². The summed E-state index contributed by atoms with van der Waals surface area (Å²) in [7, 11) is 0. The second-order valence-electron chi connectivity index (χ2n) is 4.26. The average molecular weight is 269 g/mol. The fourth-order valence-electron chi connectivity index (χ4n) is 1.15. The van der Waals surface area contributed by atoms with Gasteiger partial charge < -0.3 is 4.74 Å². The quantitative estimate of drug-likeness (QED) is 0.659. The molecule has 1 aromatic rings. The number of aryl methyl sites for hydroxylation is 1. The van der Waals surface area contributed by atoms with Crippen molar-refractivity contribution in [3.63, 3.8) is 0 Å². The van der Waals surface area contributed by atoms with E-state index in [0.717, 1.165) is 5.56 Å². The van der Waals surface area contributed by atoms with Gasteiger partial charge in [0.25, 0.3) is 5.91 Å². The summed E-state index contributed by atoms with van der Waals surface area (Å²) in [6.45, 7) is 5.75. The molecule has 0 saturated carbocycles. The topological polar surface area (TPSA) is 50.7 Å². The fraction of sp³-hybridized carbons (Fsp3) is 0.385. The maximum atomic E-state index is 11.4. The minimum Gasteiger partial charge on any atom is -0.484 e. The number of halogens is 1. The van der Waals surface area contributed by atoms with Crippen LogP contribution in [0.1, 0.15) is 19.4 Å². The van der Waals surface area contributed by atoms with E-state index in [-0.39, 0.29) is 12.5 Å². The Kier molecular flexibility index (Phi) is 5.65. The van der Waals surface area contributed by atoms with Crippen LogP contribution in [0, 0.1) is 12.8 Å². The molecule has 0 atom stereocenters. The molecule has 0 aliphatic rings. The van der Waals surface area contributed by atoms with Gasteiger partial charge >= 0.3 is 0 Å². The molecule has 0 saturated heterocycles. The summed E-state index contributed by atoms with van der Waals surface area (Å²) in [5.74, 6) is 0.615. The highest BCUT2D eigenvalue weighted by Crippen LogP contribution is 2.20. The molecule has 1 aromatic carbocycles. The number of hydrogen-bond acceptors (Lipinski definition) is 3. The number of ether oxygens (including phenoxy) is 1. The van der Waals surface area contributed by atoms with Crippen molar-refractivity contribution in [2.45, 2.75) is 20.8 Å². The first kappa shape index (κ1) is 14.5. The highest BCUT2D eigenvalue weighted by atomic mass is 35.5. The molecule has 0 bridgehead atoms. The lowest BCUT2D eigenvalue weighted by Crippen LogP contribution is -2.24. The van der Waals surface area contributed by atoms with Crippen molar-refractivity contribution in [2.75, 3.05) is 6.61 Å². The van der Waals surface area contributed by atoms with Crippen LogP contribution in [0.4, 0.5) is 0 Å². The van der Waals surface area contributed by atoms with Crippen LogP contribution in [-0.2, 0) is 4.79 Å². The first-order chi connectivity index (χ1) is 8.49. The average Bonchev–Trinajstić information content (AvgIpc) is 2.30. The third-order valence-electron chi connectivity index (χ3n) is 2.06. The number of benzene rings is 1. The molecule has 5 heteroatoms. The summed E-state index contributed by atoms with van der Waals surface area (Å²) in [4.78, 5) is 11.4. The van der Waals surface area contributed by atoms with E-state index in [1.807, 2.05) is 20.8 Å². The van der Waals surface area contributed by atoms with Crippen LogP contribution in [-0.4, -0.2) is 18.7 Å². The number of nitrogens with zero attached hydrogens (tertiary/aromatic N) is 1. The Morgan fingerprint density at radius 1 is 1.56 bits per heavy atom. The molecule has 4 nitrogen and oxygen atoms in total. The van der Waals surface area contributed by atoms with Crippen LogP contribution in [0.15, 0.2) is 23.3 Å². The minimum absolute atomic E-state index is 0.0729. The van der Waals surface area contributed by atoms with E-state index in [2.05, 4.69) is 10.5 Å². The molecule has 0 unspecified atom stereocenters. The zero-order valence-corrected chi connectivity index (χ0v) is 11.5. The Labute approximate surface area is 112 Å².